The van der Waals surface area contributed by atoms with Gasteiger partial charge >= 0.3 is 6.03 Å². The summed E-state index contributed by atoms with van der Waals surface area (Å²) in [6.45, 7) is 0. The average Bonchev–Trinajstić information content (AvgIpc) is 2.64. The van der Waals surface area contributed by atoms with Crippen molar-refractivity contribution in [2.75, 3.05) is 0 Å². The van der Waals surface area contributed by atoms with Crippen molar-refractivity contribution in [3.63, 3.8) is 0 Å². The molecule has 0 aliphatic carbocycles. The van der Waals surface area contributed by atoms with Crippen molar-refractivity contribution in [2.24, 2.45) is 0 Å². The Bertz CT molecular complexity index is 625. The summed E-state index contributed by atoms with van der Waals surface area (Å²) in [6, 6.07) is 4.55. The van der Waals surface area contributed by atoms with E-state index in [2.05, 4.69) is 10.6 Å². The Morgan fingerprint density at radius 2 is 1.65 bits per heavy atom. The molecular weight excluding hydrogens is 282 g/mol. The number of nitrogens with one attached hydrogen (secondary N) is 2. The molecule has 2 atom stereocenters. The third-order valence-electron chi connectivity index (χ3n) is 3.19. The van der Waals surface area contributed by atoms with Crippen molar-refractivity contribution in [1.29, 1.82) is 0 Å². The van der Waals surface area contributed by atoms with E-state index in [1.165, 1.54) is 12.1 Å². The summed E-state index contributed by atoms with van der Waals surface area (Å²) in [7, 11) is 0. The monoisotopic (exact) mass is 291 g/mol. The van der Waals surface area contributed by atoms with Crippen LogP contribution in [0.4, 0.5) is 4.79 Å². The highest BCUT2D eigenvalue weighted by Crippen LogP contribution is 2.26. The SMILES string of the molecule is O=C1NC(=S)C(N2C(=O)c3ccccc3C2=O)C(O)N1. The zero-order valence-electron chi connectivity index (χ0n) is 9.99. The predicted octanol–water partition coefficient (Wildman–Crippen LogP) is -0.390. The fourth-order valence-corrected chi connectivity index (χ4v) is 2.62. The minimum Gasteiger partial charge on any atom is -0.371 e. The van der Waals surface area contributed by atoms with Crippen LogP contribution >= 0.6 is 12.2 Å². The summed E-state index contributed by atoms with van der Waals surface area (Å²) in [5.74, 6) is -1.09. The Hall–Kier alpha value is -2.32. The normalized spacial score (nSPS) is 25.4. The third-order valence-corrected chi connectivity index (χ3v) is 3.53. The van der Waals surface area contributed by atoms with Crippen LogP contribution in [0.5, 0.6) is 0 Å². The van der Waals surface area contributed by atoms with Crippen molar-refractivity contribution in [2.45, 2.75) is 12.3 Å². The molecule has 2 aliphatic heterocycles. The maximum atomic E-state index is 12.3. The van der Waals surface area contributed by atoms with E-state index >= 15 is 0 Å². The summed E-state index contributed by atoms with van der Waals surface area (Å²) >= 11 is 4.96. The van der Waals surface area contributed by atoms with Gasteiger partial charge in [-0.15, -0.1) is 0 Å². The molecule has 2 heterocycles. The molecule has 1 saturated heterocycles. The minimum atomic E-state index is -1.43. The molecule has 3 N–H and O–H groups in total. The number of urea groups is 1. The van der Waals surface area contributed by atoms with Crippen LogP contribution in [0.1, 0.15) is 20.7 Å². The molecule has 0 bridgehead atoms. The molecule has 8 heteroatoms. The number of hydrogen-bond donors (Lipinski definition) is 3. The van der Waals surface area contributed by atoms with E-state index < -0.39 is 30.1 Å². The lowest BCUT2D eigenvalue weighted by molar-refractivity contribution is 0.0392. The standard InChI is InChI=1S/C12H9N3O4S/c16-8-7(9(20)14-12(19)13-8)15-10(17)5-3-1-2-4-6(5)11(15)18/h1-4,7-8,16H,(H2,13,14,19,20). The van der Waals surface area contributed by atoms with Gasteiger partial charge in [0.2, 0.25) is 0 Å². The fourth-order valence-electron chi connectivity index (χ4n) is 2.30. The average molecular weight is 291 g/mol. The summed E-state index contributed by atoms with van der Waals surface area (Å²) in [5, 5.41) is 14.3. The number of hydrogen-bond acceptors (Lipinski definition) is 5. The van der Waals surface area contributed by atoms with Crippen molar-refractivity contribution in [3.8, 4) is 0 Å². The van der Waals surface area contributed by atoms with Crippen LogP contribution in [-0.4, -0.2) is 45.1 Å². The Morgan fingerprint density at radius 3 is 2.15 bits per heavy atom. The third kappa shape index (κ3) is 1.69. The molecule has 0 radical (unpaired) electrons. The molecule has 1 aromatic rings. The van der Waals surface area contributed by atoms with Crippen LogP contribution in [-0.2, 0) is 0 Å². The second kappa shape index (κ2) is 4.36. The molecule has 3 rings (SSSR count). The van der Waals surface area contributed by atoms with Crippen molar-refractivity contribution < 1.29 is 19.5 Å². The van der Waals surface area contributed by atoms with Gasteiger partial charge in [-0.1, -0.05) is 24.4 Å². The van der Waals surface area contributed by atoms with E-state index in [9.17, 15) is 19.5 Å². The number of amides is 4. The Balaban J connectivity index is 2.00. The molecule has 0 spiro atoms. The van der Waals surface area contributed by atoms with Gasteiger partial charge in [0.25, 0.3) is 11.8 Å². The number of aliphatic hydroxyl groups is 1. The summed E-state index contributed by atoms with van der Waals surface area (Å²) in [4.78, 5) is 36.5. The summed E-state index contributed by atoms with van der Waals surface area (Å²) in [5.41, 5.74) is 0.508. The van der Waals surface area contributed by atoms with Crippen LogP contribution in [0.15, 0.2) is 24.3 Å². The number of rotatable bonds is 1. The summed E-state index contributed by atoms with van der Waals surface area (Å²) < 4.78 is 0. The van der Waals surface area contributed by atoms with Gasteiger partial charge in [0.15, 0.2) is 6.23 Å². The highest BCUT2D eigenvalue weighted by Gasteiger charge is 2.46. The van der Waals surface area contributed by atoms with Crippen LogP contribution in [0, 0.1) is 0 Å². The number of benzene rings is 1. The lowest BCUT2D eigenvalue weighted by Crippen LogP contribution is -2.66. The fraction of sp³-hybridized carbons (Fsp3) is 0.167. The molecule has 7 nitrogen and oxygen atoms in total. The van der Waals surface area contributed by atoms with Crippen LogP contribution in [0.2, 0.25) is 0 Å². The molecule has 2 aliphatic rings. The maximum absolute atomic E-state index is 12.3. The zero-order chi connectivity index (χ0) is 14.4. The van der Waals surface area contributed by atoms with Gasteiger partial charge in [-0.3, -0.25) is 14.5 Å². The molecule has 4 amide bonds. The number of carbonyl (C=O) groups excluding carboxylic acids is 3. The lowest BCUT2D eigenvalue weighted by atomic mass is 10.1. The Kier molecular flexibility index (Phi) is 2.77. The first-order chi connectivity index (χ1) is 9.50. The van der Waals surface area contributed by atoms with Gasteiger partial charge in [-0.2, -0.15) is 0 Å². The van der Waals surface area contributed by atoms with E-state index in [-0.39, 0.29) is 16.1 Å². The van der Waals surface area contributed by atoms with E-state index in [1.807, 2.05) is 0 Å². The van der Waals surface area contributed by atoms with Gasteiger partial charge in [-0.05, 0) is 12.1 Å². The van der Waals surface area contributed by atoms with E-state index in [4.69, 9.17) is 12.2 Å². The molecule has 102 valence electrons. The summed E-state index contributed by atoms with van der Waals surface area (Å²) in [6.07, 6.45) is -1.43. The molecule has 1 aromatic carbocycles. The van der Waals surface area contributed by atoms with E-state index in [0.29, 0.717) is 0 Å². The number of thiocarbonyl (C=S) groups is 1. The highest BCUT2D eigenvalue weighted by atomic mass is 32.1. The van der Waals surface area contributed by atoms with Gasteiger partial charge in [0, 0.05) is 0 Å². The largest absolute Gasteiger partial charge is 0.371 e. The number of imide groups is 1. The van der Waals surface area contributed by atoms with E-state index in [0.717, 1.165) is 4.90 Å². The molecule has 1 fully saturated rings. The molecule has 2 unspecified atom stereocenters. The van der Waals surface area contributed by atoms with Gasteiger partial charge < -0.3 is 15.7 Å². The lowest BCUT2D eigenvalue weighted by Gasteiger charge is -2.34. The Morgan fingerprint density at radius 1 is 1.10 bits per heavy atom. The van der Waals surface area contributed by atoms with Crippen LogP contribution < -0.4 is 10.6 Å². The first-order valence-corrected chi connectivity index (χ1v) is 6.18. The predicted molar refractivity (Wildman–Crippen MR) is 71.0 cm³/mol. The Labute approximate surface area is 118 Å². The second-order valence-electron chi connectivity index (χ2n) is 4.38. The van der Waals surface area contributed by atoms with Gasteiger partial charge in [0.1, 0.15) is 11.0 Å². The molecule has 0 aromatic heterocycles. The number of fused-ring (bicyclic) bond motifs is 1. The number of nitrogens with zero attached hydrogens (tertiary/aromatic N) is 1. The smallest absolute Gasteiger partial charge is 0.321 e. The first kappa shape index (κ1) is 12.7. The second-order valence-corrected chi connectivity index (χ2v) is 4.82. The van der Waals surface area contributed by atoms with Crippen LogP contribution in [0.25, 0.3) is 0 Å². The van der Waals surface area contributed by atoms with Crippen molar-refractivity contribution in [1.82, 2.24) is 15.5 Å². The molecule has 0 saturated carbocycles. The van der Waals surface area contributed by atoms with Crippen LogP contribution in [0.3, 0.4) is 0 Å². The highest BCUT2D eigenvalue weighted by molar-refractivity contribution is 7.80. The van der Waals surface area contributed by atoms with Crippen molar-refractivity contribution >= 4 is 35.1 Å². The molecular formula is C12H9N3O4S. The number of carbonyl (C=O) groups is 3. The number of aliphatic hydroxyl groups excluding tert-OH is 1. The van der Waals surface area contributed by atoms with Crippen molar-refractivity contribution in [3.05, 3.63) is 35.4 Å². The molecule has 20 heavy (non-hydrogen) atoms. The first-order valence-electron chi connectivity index (χ1n) is 5.77. The quantitative estimate of drug-likeness (QED) is 0.483. The van der Waals surface area contributed by atoms with Gasteiger partial charge in [0.05, 0.1) is 11.1 Å². The zero-order valence-corrected chi connectivity index (χ0v) is 10.8. The van der Waals surface area contributed by atoms with E-state index in [1.54, 1.807) is 12.1 Å². The van der Waals surface area contributed by atoms with Gasteiger partial charge in [-0.25, -0.2) is 4.79 Å². The minimum absolute atomic E-state index is 0.0734. The topological polar surface area (TPSA) is 98.7 Å². The maximum Gasteiger partial charge on any atom is 0.321 e.